The molecule has 2 aliphatic rings. The van der Waals surface area contributed by atoms with Gasteiger partial charge < -0.3 is 14.0 Å². The molecule has 3 nitrogen and oxygen atoms in total. The molecule has 35 heavy (non-hydrogen) atoms. The monoisotopic (exact) mass is 460 g/mol. The number of rotatable bonds is 3. The van der Waals surface area contributed by atoms with Crippen LogP contribution in [0.1, 0.15) is 49.9 Å². The third kappa shape index (κ3) is 3.21. The Bertz CT molecular complexity index is 1320. The molecule has 0 unspecified atom stereocenters. The summed E-state index contributed by atoms with van der Waals surface area (Å²) >= 11 is 0. The van der Waals surface area contributed by atoms with Gasteiger partial charge in [0.15, 0.2) is 0 Å². The van der Waals surface area contributed by atoms with Gasteiger partial charge in [0.2, 0.25) is 0 Å². The van der Waals surface area contributed by atoms with Crippen LogP contribution in [0, 0.1) is 0 Å². The van der Waals surface area contributed by atoms with Crippen LogP contribution in [0.5, 0.6) is 11.5 Å². The molecule has 0 spiro atoms. The molecule has 174 valence electrons. The van der Waals surface area contributed by atoms with Gasteiger partial charge in [-0.3, -0.25) is 0 Å². The number of ether oxygens (including phenoxy) is 1. The molecule has 1 saturated heterocycles. The van der Waals surface area contributed by atoms with Crippen molar-refractivity contribution < 1.29 is 14.0 Å². The van der Waals surface area contributed by atoms with Gasteiger partial charge in [-0.1, -0.05) is 97.1 Å². The van der Waals surface area contributed by atoms with Crippen molar-refractivity contribution >= 4 is 12.6 Å². The molecule has 4 aromatic carbocycles. The molecule has 0 amide bonds. The number of para-hydroxylation sites is 2. The van der Waals surface area contributed by atoms with E-state index in [1.807, 2.05) is 6.07 Å². The average Bonchev–Trinajstić information content (AvgIpc) is 3.09. The van der Waals surface area contributed by atoms with Crippen molar-refractivity contribution in [2.24, 2.45) is 0 Å². The van der Waals surface area contributed by atoms with Gasteiger partial charge in [-0.15, -0.1) is 0 Å². The molecule has 4 aromatic rings. The van der Waals surface area contributed by atoms with Gasteiger partial charge in [0, 0.05) is 16.6 Å². The van der Waals surface area contributed by atoms with Gasteiger partial charge >= 0.3 is 7.12 Å². The van der Waals surface area contributed by atoms with Crippen LogP contribution < -0.4 is 10.2 Å². The third-order valence-corrected chi connectivity index (χ3v) is 7.87. The van der Waals surface area contributed by atoms with Crippen molar-refractivity contribution in [2.45, 2.75) is 44.3 Å². The minimum Gasteiger partial charge on any atom is -0.457 e. The van der Waals surface area contributed by atoms with E-state index in [9.17, 15) is 0 Å². The zero-order valence-electron chi connectivity index (χ0n) is 20.6. The van der Waals surface area contributed by atoms with E-state index in [0.29, 0.717) is 0 Å². The Hall–Kier alpha value is -3.34. The minimum atomic E-state index is -0.549. The predicted octanol–water partition coefficient (Wildman–Crippen LogP) is 6.47. The number of hydrogen-bond donors (Lipinski definition) is 0. The van der Waals surface area contributed by atoms with Crippen LogP contribution in [-0.2, 0) is 14.7 Å². The zero-order chi connectivity index (χ0) is 24.3. The highest BCUT2D eigenvalue weighted by Crippen LogP contribution is 2.55. The Balaban J connectivity index is 1.67. The standard InChI is InChI=1S/C31H29BO3/c1-29(2)30(3,4)35-32(34-29)26-20-13-19-25-28(26)33-27-21-12-11-18-24(27)31(25,22-14-7-5-8-15-22)23-16-9-6-10-17-23/h5-21H,1-4H3. The van der Waals surface area contributed by atoms with E-state index in [0.717, 1.165) is 28.1 Å². The van der Waals surface area contributed by atoms with Crippen LogP contribution in [0.15, 0.2) is 103 Å². The van der Waals surface area contributed by atoms with E-state index < -0.39 is 23.7 Å². The second-order valence-corrected chi connectivity index (χ2v) is 10.4. The predicted molar refractivity (Wildman–Crippen MR) is 141 cm³/mol. The summed E-state index contributed by atoms with van der Waals surface area (Å²) < 4.78 is 19.7. The van der Waals surface area contributed by atoms with Crippen molar-refractivity contribution in [1.29, 1.82) is 0 Å². The summed E-state index contributed by atoms with van der Waals surface area (Å²) in [6, 6.07) is 36.1. The van der Waals surface area contributed by atoms with Crippen LogP contribution in [0.3, 0.4) is 0 Å². The first kappa shape index (κ1) is 22.1. The van der Waals surface area contributed by atoms with Crippen LogP contribution >= 0.6 is 0 Å². The first-order valence-corrected chi connectivity index (χ1v) is 12.2. The molecule has 0 aliphatic carbocycles. The quantitative estimate of drug-likeness (QED) is 0.289. The molecule has 0 atom stereocenters. The normalized spacial score (nSPS) is 18.9. The number of fused-ring (bicyclic) bond motifs is 2. The fraction of sp³-hybridized carbons (Fsp3) is 0.226. The molecule has 2 aliphatic heterocycles. The maximum absolute atomic E-state index is 6.70. The lowest BCUT2D eigenvalue weighted by Crippen LogP contribution is -2.41. The van der Waals surface area contributed by atoms with Crippen molar-refractivity contribution in [1.82, 2.24) is 0 Å². The van der Waals surface area contributed by atoms with Crippen LogP contribution in [0.4, 0.5) is 0 Å². The molecule has 0 saturated carbocycles. The first-order chi connectivity index (χ1) is 16.8. The van der Waals surface area contributed by atoms with E-state index in [2.05, 4.69) is 125 Å². The Morgan fingerprint density at radius 1 is 0.543 bits per heavy atom. The van der Waals surface area contributed by atoms with Crippen molar-refractivity contribution in [2.75, 3.05) is 0 Å². The number of benzene rings is 4. The van der Waals surface area contributed by atoms with Gasteiger partial charge in [0.25, 0.3) is 0 Å². The second kappa shape index (κ2) is 7.84. The summed E-state index contributed by atoms with van der Waals surface area (Å²) in [6.45, 7) is 8.32. The van der Waals surface area contributed by atoms with Crippen molar-refractivity contribution in [3.8, 4) is 11.5 Å². The van der Waals surface area contributed by atoms with Gasteiger partial charge in [0.1, 0.15) is 11.5 Å². The minimum absolute atomic E-state index is 0.442. The SMILES string of the molecule is CC1(C)OB(c2cccc3c2Oc2ccccc2C3(c2ccccc2)c2ccccc2)OC1(C)C. The lowest BCUT2D eigenvalue weighted by atomic mass is 9.62. The van der Waals surface area contributed by atoms with Crippen LogP contribution in [0.25, 0.3) is 0 Å². The lowest BCUT2D eigenvalue weighted by Gasteiger charge is -2.42. The van der Waals surface area contributed by atoms with Crippen LogP contribution in [-0.4, -0.2) is 18.3 Å². The zero-order valence-corrected chi connectivity index (χ0v) is 20.6. The molecular formula is C31H29BO3. The smallest absolute Gasteiger partial charge is 0.457 e. The molecule has 1 fully saturated rings. The Kier molecular flexibility index (Phi) is 4.96. The molecule has 0 aromatic heterocycles. The van der Waals surface area contributed by atoms with Gasteiger partial charge in [-0.2, -0.15) is 0 Å². The Labute approximate surface area is 207 Å². The fourth-order valence-electron chi connectivity index (χ4n) is 5.41. The molecule has 0 bridgehead atoms. The molecule has 4 heteroatoms. The summed E-state index contributed by atoms with van der Waals surface area (Å²) in [6.07, 6.45) is 0. The molecule has 2 heterocycles. The molecular weight excluding hydrogens is 431 g/mol. The van der Waals surface area contributed by atoms with Crippen molar-refractivity contribution in [3.63, 3.8) is 0 Å². The van der Waals surface area contributed by atoms with Gasteiger partial charge in [-0.25, -0.2) is 0 Å². The average molecular weight is 460 g/mol. The highest BCUT2D eigenvalue weighted by molar-refractivity contribution is 6.63. The molecule has 6 rings (SSSR count). The fourth-order valence-corrected chi connectivity index (χ4v) is 5.41. The summed E-state index contributed by atoms with van der Waals surface area (Å²) in [5, 5.41) is 0. The van der Waals surface area contributed by atoms with E-state index in [4.69, 9.17) is 14.0 Å². The summed E-state index contributed by atoms with van der Waals surface area (Å²) in [5.41, 5.74) is 4.06. The molecule has 0 N–H and O–H groups in total. The summed E-state index contributed by atoms with van der Waals surface area (Å²) in [7, 11) is -0.524. The highest BCUT2D eigenvalue weighted by Gasteiger charge is 2.54. The lowest BCUT2D eigenvalue weighted by molar-refractivity contribution is 0.00578. The second-order valence-electron chi connectivity index (χ2n) is 10.4. The largest absolute Gasteiger partial charge is 0.498 e. The van der Waals surface area contributed by atoms with E-state index in [1.54, 1.807) is 0 Å². The maximum Gasteiger partial charge on any atom is 0.498 e. The Morgan fingerprint density at radius 3 is 1.66 bits per heavy atom. The molecule has 0 radical (unpaired) electrons. The highest BCUT2D eigenvalue weighted by atomic mass is 16.7. The van der Waals surface area contributed by atoms with E-state index >= 15 is 0 Å². The van der Waals surface area contributed by atoms with Crippen molar-refractivity contribution in [3.05, 3.63) is 125 Å². The first-order valence-electron chi connectivity index (χ1n) is 12.2. The summed E-state index contributed by atoms with van der Waals surface area (Å²) in [4.78, 5) is 0. The Morgan fingerprint density at radius 2 is 1.06 bits per heavy atom. The van der Waals surface area contributed by atoms with Gasteiger partial charge in [-0.05, 0) is 44.9 Å². The van der Waals surface area contributed by atoms with E-state index in [1.165, 1.54) is 11.1 Å². The third-order valence-electron chi connectivity index (χ3n) is 7.87. The van der Waals surface area contributed by atoms with Gasteiger partial charge in [0.05, 0.1) is 16.6 Å². The summed E-state index contributed by atoms with van der Waals surface area (Å²) in [5.74, 6) is 1.65. The number of hydrogen-bond acceptors (Lipinski definition) is 3. The van der Waals surface area contributed by atoms with E-state index in [-0.39, 0.29) is 0 Å². The topological polar surface area (TPSA) is 27.7 Å². The van der Waals surface area contributed by atoms with Crippen LogP contribution in [0.2, 0.25) is 0 Å². The maximum atomic E-state index is 6.70.